The van der Waals surface area contributed by atoms with Crippen LogP contribution in [0.2, 0.25) is 0 Å². The molecule has 0 saturated carbocycles. The Balaban J connectivity index is 2.27. The summed E-state index contributed by atoms with van der Waals surface area (Å²) in [6.07, 6.45) is 0. The maximum absolute atomic E-state index is 12.0. The molecule has 136 valence electrons. The standard InChI is InChI=1S/C17H24N4O4/c1-5-23-14-11-12(7-8-13(14)25-10-9-21(3)4)15-16(19-20-18-15)17(22)24-6-2/h7-8,11H,5-6,9-10H2,1-4H3,(H,18,19,20). The second-order valence-corrected chi connectivity index (χ2v) is 5.49. The molecule has 0 saturated heterocycles. The Bertz CT molecular complexity index is 700. The molecule has 0 bridgehead atoms. The fourth-order valence-electron chi connectivity index (χ4n) is 2.16. The molecule has 8 heteroatoms. The van der Waals surface area contributed by atoms with Gasteiger partial charge in [0.05, 0.1) is 13.2 Å². The van der Waals surface area contributed by atoms with E-state index in [0.29, 0.717) is 36.0 Å². The molecule has 0 spiro atoms. The lowest BCUT2D eigenvalue weighted by atomic mass is 10.1. The predicted octanol–water partition coefficient (Wildman–Crippen LogP) is 1.99. The highest BCUT2D eigenvalue weighted by atomic mass is 16.5. The van der Waals surface area contributed by atoms with Crippen LogP contribution in [-0.2, 0) is 4.74 Å². The number of likely N-dealkylation sites (N-methyl/N-ethyl adjacent to an activating group) is 1. The molecule has 25 heavy (non-hydrogen) atoms. The fourth-order valence-corrected chi connectivity index (χ4v) is 2.16. The van der Waals surface area contributed by atoms with E-state index in [1.165, 1.54) is 0 Å². The Morgan fingerprint density at radius 1 is 1.12 bits per heavy atom. The maximum Gasteiger partial charge on any atom is 0.361 e. The van der Waals surface area contributed by atoms with Gasteiger partial charge in [-0.25, -0.2) is 4.79 Å². The van der Waals surface area contributed by atoms with E-state index < -0.39 is 5.97 Å². The van der Waals surface area contributed by atoms with Crippen molar-refractivity contribution in [2.75, 3.05) is 40.5 Å². The van der Waals surface area contributed by atoms with E-state index >= 15 is 0 Å². The van der Waals surface area contributed by atoms with Crippen LogP contribution in [0.3, 0.4) is 0 Å². The van der Waals surface area contributed by atoms with Crippen molar-refractivity contribution in [1.29, 1.82) is 0 Å². The average Bonchev–Trinajstić information content (AvgIpc) is 3.06. The van der Waals surface area contributed by atoms with E-state index in [-0.39, 0.29) is 12.3 Å². The lowest BCUT2D eigenvalue weighted by molar-refractivity contribution is 0.0520. The first-order valence-corrected chi connectivity index (χ1v) is 8.19. The number of nitrogens with one attached hydrogen (secondary N) is 1. The largest absolute Gasteiger partial charge is 0.490 e. The Morgan fingerprint density at radius 3 is 2.60 bits per heavy atom. The third-order valence-electron chi connectivity index (χ3n) is 3.33. The van der Waals surface area contributed by atoms with Gasteiger partial charge in [-0.2, -0.15) is 10.3 Å². The van der Waals surface area contributed by atoms with Crippen LogP contribution >= 0.6 is 0 Å². The Kier molecular flexibility index (Phi) is 6.76. The summed E-state index contributed by atoms with van der Waals surface area (Å²) in [5.74, 6) is 0.723. The molecule has 0 aliphatic carbocycles. The maximum atomic E-state index is 12.0. The minimum atomic E-state index is -0.518. The van der Waals surface area contributed by atoms with Crippen LogP contribution in [0.4, 0.5) is 0 Å². The van der Waals surface area contributed by atoms with Gasteiger partial charge < -0.3 is 19.1 Å². The molecule has 0 fully saturated rings. The predicted molar refractivity (Wildman–Crippen MR) is 93.0 cm³/mol. The van der Waals surface area contributed by atoms with Crippen molar-refractivity contribution >= 4 is 5.97 Å². The zero-order valence-corrected chi connectivity index (χ0v) is 15.0. The Hall–Kier alpha value is -2.61. The van der Waals surface area contributed by atoms with E-state index in [2.05, 4.69) is 15.4 Å². The average molecular weight is 348 g/mol. The third-order valence-corrected chi connectivity index (χ3v) is 3.33. The number of esters is 1. The number of rotatable bonds is 9. The molecule has 1 heterocycles. The summed E-state index contributed by atoms with van der Waals surface area (Å²) >= 11 is 0. The number of H-pyrrole nitrogens is 1. The fraction of sp³-hybridized carbons (Fsp3) is 0.471. The number of nitrogens with zero attached hydrogens (tertiary/aromatic N) is 3. The highest BCUT2D eigenvalue weighted by molar-refractivity contribution is 5.94. The van der Waals surface area contributed by atoms with Gasteiger partial charge in [0.15, 0.2) is 17.2 Å². The van der Waals surface area contributed by atoms with E-state index in [1.807, 2.05) is 32.0 Å². The summed E-state index contributed by atoms with van der Waals surface area (Å²) in [6, 6.07) is 5.41. The number of aromatic amines is 1. The van der Waals surface area contributed by atoms with Crippen molar-refractivity contribution in [2.24, 2.45) is 0 Å². The summed E-state index contributed by atoms with van der Waals surface area (Å²) in [4.78, 5) is 14.0. The van der Waals surface area contributed by atoms with Gasteiger partial charge in [0, 0.05) is 12.1 Å². The molecule has 0 amide bonds. The number of hydrogen-bond acceptors (Lipinski definition) is 7. The topological polar surface area (TPSA) is 89.6 Å². The highest BCUT2D eigenvalue weighted by Gasteiger charge is 2.20. The SMILES string of the molecule is CCOC(=O)c1n[nH]nc1-c1ccc(OCCN(C)C)c(OCC)c1. The number of benzene rings is 1. The van der Waals surface area contributed by atoms with Crippen LogP contribution in [0.1, 0.15) is 24.3 Å². The minimum Gasteiger partial charge on any atom is -0.490 e. The lowest BCUT2D eigenvalue weighted by Crippen LogP contribution is -2.19. The first-order chi connectivity index (χ1) is 12.1. The molecule has 0 atom stereocenters. The Labute approximate surface area is 147 Å². The Morgan fingerprint density at radius 2 is 1.92 bits per heavy atom. The van der Waals surface area contributed by atoms with Crippen molar-refractivity contribution in [1.82, 2.24) is 20.3 Å². The summed E-state index contributed by atoms with van der Waals surface area (Å²) < 4.78 is 16.5. The van der Waals surface area contributed by atoms with Crippen LogP contribution in [0.15, 0.2) is 18.2 Å². The minimum absolute atomic E-state index is 0.144. The molecule has 2 aromatic rings. The summed E-state index contributed by atoms with van der Waals surface area (Å²) in [5.41, 5.74) is 1.25. The van der Waals surface area contributed by atoms with Gasteiger partial charge in [-0.1, -0.05) is 0 Å². The van der Waals surface area contributed by atoms with Gasteiger partial charge in [0.1, 0.15) is 12.3 Å². The third kappa shape index (κ3) is 4.93. The molecule has 1 aromatic heterocycles. The van der Waals surface area contributed by atoms with Gasteiger partial charge in [-0.05, 0) is 46.1 Å². The monoisotopic (exact) mass is 348 g/mol. The van der Waals surface area contributed by atoms with Crippen molar-refractivity contribution in [2.45, 2.75) is 13.8 Å². The number of hydrogen-bond donors (Lipinski definition) is 1. The zero-order valence-electron chi connectivity index (χ0n) is 15.0. The van der Waals surface area contributed by atoms with E-state index in [1.54, 1.807) is 19.1 Å². The number of ether oxygens (including phenoxy) is 3. The molecule has 0 unspecified atom stereocenters. The van der Waals surface area contributed by atoms with Crippen LogP contribution in [-0.4, -0.2) is 66.7 Å². The normalized spacial score (nSPS) is 10.8. The zero-order chi connectivity index (χ0) is 18.2. The summed E-state index contributed by atoms with van der Waals surface area (Å²) in [7, 11) is 3.97. The molecular formula is C17H24N4O4. The van der Waals surface area contributed by atoms with Gasteiger partial charge in [-0.15, -0.1) is 5.10 Å². The smallest absolute Gasteiger partial charge is 0.361 e. The first kappa shape index (κ1) is 18.7. The van der Waals surface area contributed by atoms with Crippen molar-refractivity contribution in [3.8, 4) is 22.8 Å². The summed E-state index contributed by atoms with van der Waals surface area (Å²) in [6.45, 7) is 5.75. The first-order valence-electron chi connectivity index (χ1n) is 8.19. The van der Waals surface area contributed by atoms with Crippen LogP contribution in [0.5, 0.6) is 11.5 Å². The summed E-state index contributed by atoms with van der Waals surface area (Å²) in [5, 5.41) is 10.4. The molecular weight excluding hydrogens is 324 g/mol. The van der Waals surface area contributed by atoms with Crippen LogP contribution in [0, 0.1) is 0 Å². The van der Waals surface area contributed by atoms with E-state index in [0.717, 1.165) is 6.54 Å². The van der Waals surface area contributed by atoms with Crippen LogP contribution < -0.4 is 9.47 Å². The second-order valence-electron chi connectivity index (χ2n) is 5.49. The number of carbonyl (C=O) groups is 1. The molecule has 1 aromatic carbocycles. The van der Waals surface area contributed by atoms with Crippen molar-refractivity contribution < 1.29 is 19.0 Å². The number of aromatic nitrogens is 3. The highest BCUT2D eigenvalue weighted by Crippen LogP contribution is 2.33. The quantitative estimate of drug-likeness (QED) is 0.693. The van der Waals surface area contributed by atoms with E-state index in [4.69, 9.17) is 14.2 Å². The van der Waals surface area contributed by atoms with E-state index in [9.17, 15) is 4.79 Å². The van der Waals surface area contributed by atoms with Gasteiger partial charge >= 0.3 is 5.97 Å². The molecule has 8 nitrogen and oxygen atoms in total. The lowest BCUT2D eigenvalue weighted by Gasteiger charge is -2.15. The van der Waals surface area contributed by atoms with Crippen molar-refractivity contribution in [3.63, 3.8) is 0 Å². The molecule has 1 N–H and O–H groups in total. The van der Waals surface area contributed by atoms with Crippen molar-refractivity contribution in [3.05, 3.63) is 23.9 Å². The second kappa shape index (κ2) is 9.03. The molecule has 2 rings (SSSR count). The molecule has 0 radical (unpaired) electrons. The molecule has 0 aliphatic heterocycles. The number of carbonyl (C=O) groups excluding carboxylic acids is 1. The van der Waals surface area contributed by atoms with Gasteiger partial charge in [0.25, 0.3) is 0 Å². The molecule has 0 aliphatic rings. The van der Waals surface area contributed by atoms with Gasteiger partial charge in [-0.3, -0.25) is 0 Å². The van der Waals surface area contributed by atoms with Crippen LogP contribution in [0.25, 0.3) is 11.3 Å². The van der Waals surface area contributed by atoms with Gasteiger partial charge in [0.2, 0.25) is 0 Å².